The Morgan fingerprint density at radius 2 is 1.77 bits per heavy atom. The van der Waals surface area contributed by atoms with Crippen molar-refractivity contribution in [1.82, 2.24) is 4.90 Å². The summed E-state index contributed by atoms with van der Waals surface area (Å²) in [5.74, 6) is 0.341. The van der Waals surface area contributed by atoms with E-state index in [1.54, 1.807) is 12.1 Å². The largest absolute Gasteiger partial charge is 0.455 e. The van der Waals surface area contributed by atoms with Crippen molar-refractivity contribution in [2.45, 2.75) is 62.8 Å². The van der Waals surface area contributed by atoms with E-state index in [2.05, 4.69) is 0 Å². The fourth-order valence-electron chi connectivity index (χ4n) is 4.79. The van der Waals surface area contributed by atoms with Crippen molar-refractivity contribution >= 4 is 23.5 Å². The van der Waals surface area contributed by atoms with Crippen LogP contribution in [0, 0.1) is 5.92 Å². The molecule has 1 saturated heterocycles. The smallest absolute Gasteiger partial charge is 0.317 e. The molecule has 0 bridgehead atoms. The zero-order valence-corrected chi connectivity index (χ0v) is 15.8. The number of halogens is 1. The highest BCUT2D eigenvalue weighted by molar-refractivity contribution is 6.30. The van der Waals surface area contributed by atoms with Gasteiger partial charge in [-0.3, -0.25) is 9.59 Å². The lowest BCUT2D eigenvalue weighted by Gasteiger charge is -2.44. The summed E-state index contributed by atoms with van der Waals surface area (Å²) in [6.45, 7) is 0.678. The van der Waals surface area contributed by atoms with E-state index in [0.29, 0.717) is 17.0 Å². The third-order valence-electron chi connectivity index (χ3n) is 6.43. The van der Waals surface area contributed by atoms with Crippen molar-refractivity contribution in [1.29, 1.82) is 0 Å². The van der Waals surface area contributed by atoms with Crippen molar-refractivity contribution in [3.05, 3.63) is 34.9 Å². The molecule has 2 aliphatic carbocycles. The van der Waals surface area contributed by atoms with Gasteiger partial charge in [0.15, 0.2) is 6.61 Å². The maximum atomic E-state index is 12.7. The summed E-state index contributed by atoms with van der Waals surface area (Å²) in [4.78, 5) is 27.4. The van der Waals surface area contributed by atoms with Crippen LogP contribution in [0.25, 0.3) is 0 Å². The Kier molecular flexibility index (Phi) is 4.96. The van der Waals surface area contributed by atoms with Crippen LogP contribution in [0.15, 0.2) is 24.3 Å². The highest BCUT2D eigenvalue weighted by atomic mass is 35.5. The standard InChI is InChI=1S/C21H26ClNO3/c22-17-9-7-16(8-10-17)21(11-12-21)20(25)26-14-19(24)23-13-3-5-15-4-1-2-6-18(15)23/h7-10,15,18H,1-6,11-14H2/t15-,18+/m1/s1. The molecule has 26 heavy (non-hydrogen) atoms. The molecular weight excluding hydrogens is 350 g/mol. The number of esters is 1. The Morgan fingerprint density at radius 1 is 1.08 bits per heavy atom. The number of hydrogen-bond acceptors (Lipinski definition) is 3. The number of nitrogens with zero attached hydrogens (tertiary/aromatic N) is 1. The van der Waals surface area contributed by atoms with Crippen LogP contribution in [0.3, 0.4) is 0 Å². The summed E-state index contributed by atoms with van der Waals surface area (Å²) in [5, 5.41) is 0.653. The Hall–Kier alpha value is -1.55. The average molecular weight is 376 g/mol. The molecular formula is C21H26ClNO3. The number of amides is 1. The van der Waals surface area contributed by atoms with E-state index >= 15 is 0 Å². The molecule has 1 aromatic carbocycles. The van der Waals surface area contributed by atoms with Gasteiger partial charge >= 0.3 is 5.97 Å². The fourth-order valence-corrected chi connectivity index (χ4v) is 4.91. The highest BCUT2D eigenvalue weighted by Crippen LogP contribution is 2.49. The van der Waals surface area contributed by atoms with Gasteiger partial charge in [-0.1, -0.05) is 36.6 Å². The van der Waals surface area contributed by atoms with E-state index in [9.17, 15) is 9.59 Å². The van der Waals surface area contributed by atoms with E-state index in [1.165, 1.54) is 25.7 Å². The van der Waals surface area contributed by atoms with Crippen LogP contribution in [0.2, 0.25) is 5.02 Å². The van der Waals surface area contributed by atoms with Crippen molar-refractivity contribution in [3.63, 3.8) is 0 Å². The number of benzene rings is 1. The van der Waals surface area contributed by atoms with Gasteiger partial charge < -0.3 is 9.64 Å². The van der Waals surface area contributed by atoms with Crippen LogP contribution < -0.4 is 0 Å². The molecule has 0 N–H and O–H groups in total. The molecule has 2 atom stereocenters. The monoisotopic (exact) mass is 375 g/mol. The van der Waals surface area contributed by atoms with Gasteiger partial charge in [-0.2, -0.15) is 0 Å². The Labute approximate surface area is 159 Å². The zero-order chi connectivity index (χ0) is 18.1. The minimum Gasteiger partial charge on any atom is -0.455 e. The quantitative estimate of drug-likeness (QED) is 0.744. The third-order valence-corrected chi connectivity index (χ3v) is 6.68. The Morgan fingerprint density at radius 3 is 2.50 bits per heavy atom. The molecule has 4 nitrogen and oxygen atoms in total. The number of carbonyl (C=O) groups excluding carboxylic acids is 2. The van der Waals surface area contributed by atoms with Gasteiger partial charge in [-0.25, -0.2) is 0 Å². The second-order valence-corrected chi connectivity index (χ2v) is 8.44. The van der Waals surface area contributed by atoms with Gasteiger partial charge in [0.05, 0.1) is 5.41 Å². The van der Waals surface area contributed by atoms with E-state index in [1.807, 2.05) is 17.0 Å². The van der Waals surface area contributed by atoms with Crippen molar-refractivity contribution in [3.8, 4) is 0 Å². The SMILES string of the molecule is O=C(COC(=O)C1(c2ccc(Cl)cc2)CC1)N1CCC[C@H]2CCCC[C@@H]21. The molecule has 0 unspecified atom stereocenters. The molecule has 1 amide bonds. The molecule has 1 heterocycles. The van der Waals surface area contributed by atoms with E-state index < -0.39 is 5.41 Å². The van der Waals surface area contributed by atoms with Gasteiger partial charge in [-0.15, -0.1) is 0 Å². The molecule has 1 aliphatic heterocycles. The van der Waals surface area contributed by atoms with E-state index in [-0.39, 0.29) is 18.5 Å². The lowest BCUT2D eigenvalue weighted by Crippen LogP contribution is -2.51. The summed E-state index contributed by atoms with van der Waals surface area (Å²) in [6.07, 6.45) is 8.65. The number of piperidine rings is 1. The maximum Gasteiger partial charge on any atom is 0.317 e. The predicted octanol–water partition coefficient (Wildman–Crippen LogP) is 4.10. The molecule has 1 aromatic rings. The average Bonchev–Trinajstić information content (AvgIpc) is 3.48. The van der Waals surface area contributed by atoms with Gasteiger partial charge in [0.1, 0.15) is 0 Å². The maximum absolute atomic E-state index is 12.7. The van der Waals surface area contributed by atoms with Gasteiger partial charge in [0, 0.05) is 17.6 Å². The second-order valence-electron chi connectivity index (χ2n) is 8.01. The molecule has 3 aliphatic rings. The number of rotatable bonds is 4. The molecule has 140 valence electrons. The van der Waals surface area contributed by atoms with Crippen LogP contribution in [-0.2, 0) is 19.7 Å². The normalized spacial score (nSPS) is 26.7. The minimum absolute atomic E-state index is 0.0261. The van der Waals surface area contributed by atoms with E-state index in [4.69, 9.17) is 16.3 Å². The molecule has 3 fully saturated rings. The zero-order valence-electron chi connectivity index (χ0n) is 15.1. The molecule has 2 saturated carbocycles. The van der Waals surface area contributed by atoms with Gasteiger partial charge in [0.25, 0.3) is 5.91 Å². The lowest BCUT2D eigenvalue weighted by molar-refractivity contribution is -0.156. The number of likely N-dealkylation sites (tertiary alicyclic amines) is 1. The summed E-state index contributed by atoms with van der Waals surface area (Å²) in [7, 11) is 0. The first-order valence-corrected chi connectivity index (χ1v) is 10.2. The lowest BCUT2D eigenvalue weighted by atomic mass is 9.78. The van der Waals surface area contributed by atoms with Crippen LogP contribution in [0.1, 0.15) is 56.9 Å². The summed E-state index contributed by atoms with van der Waals surface area (Å²) in [5.41, 5.74) is 0.366. The molecule has 0 spiro atoms. The summed E-state index contributed by atoms with van der Waals surface area (Å²) >= 11 is 5.94. The highest BCUT2D eigenvalue weighted by Gasteiger charge is 2.53. The first-order valence-electron chi connectivity index (χ1n) is 9.83. The number of ether oxygens (including phenoxy) is 1. The summed E-state index contributed by atoms with van der Waals surface area (Å²) < 4.78 is 5.49. The number of fused-ring (bicyclic) bond motifs is 1. The first kappa shape index (κ1) is 17.8. The topological polar surface area (TPSA) is 46.6 Å². The minimum atomic E-state index is -0.569. The number of carbonyl (C=O) groups is 2. The Bertz CT molecular complexity index is 681. The summed E-state index contributed by atoms with van der Waals surface area (Å²) in [6, 6.07) is 7.72. The molecule has 5 heteroatoms. The fraction of sp³-hybridized carbons (Fsp3) is 0.619. The van der Waals surface area contributed by atoms with Crippen LogP contribution in [-0.4, -0.2) is 36.0 Å². The first-order chi connectivity index (χ1) is 12.6. The van der Waals surface area contributed by atoms with Crippen molar-refractivity contribution in [2.75, 3.05) is 13.2 Å². The van der Waals surface area contributed by atoms with Crippen LogP contribution in [0.4, 0.5) is 0 Å². The van der Waals surface area contributed by atoms with Crippen LogP contribution in [0.5, 0.6) is 0 Å². The number of hydrogen-bond donors (Lipinski definition) is 0. The van der Waals surface area contributed by atoms with Crippen molar-refractivity contribution in [2.24, 2.45) is 5.92 Å². The van der Waals surface area contributed by atoms with E-state index in [0.717, 1.165) is 37.8 Å². The Balaban J connectivity index is 1.37. The third kappa shape index (κ3) is 3.36. The van der Waals surface area contributed by atoms with Gasteiger partial charge in [0.2, 0.25) is 0 Å². The molecule has 0 radical (unpaired) electrons. The second kappa shape index (κ2) is 7.22. The van der Waals surface area contributed by atoms with Crippen molar-refractivity contribution < 1.29 is 14.3 Å². The molecule has 4 rings (SSSR count). The predicted molar refractivity (Wildman–Crippen MR) is 100 cm³/mol. The molecule has 0 aromatic heterocycles. The van der Waals surface area contributed by atoms with Gasteiger partial charge in [-0.05, 0) is 62.1 Å². The van der Waals surface area contributed by atoms with Crippen LogP contribution >= 0.6 is 11.6 Å².